The molecule has 1 aromatic rings. The number of morpholine rings is 1. The fourth-order valence-electron chi connectivity index (χ4n) is 2.92. The molecule has 0 radical (unpaired) electrons. The molecule has 1 aliphatic rings. The number of rotatable bonds is 5. The van der Waals surface area contributed by atoms with Crippen LogP contribution in [0, 0.1) is 0 Å². The highest BCUT2D eigenvalue weighted by Gasteiger charge is 2.17. The summed E-state index contributed by atoms with van der Waals surface area (Å²) >= 11 is 0. The standard InChI is InChI=1S/C20H34N4O.HI/c1-20(2,3)17-8-6-16(7-9-17)10-11-22-19(21-4)23-14-18-15-24(5)12-13-25-18;/h6-9,18H,10-15H2,1-5H3,(H2,21,22,23);1H. The number of hydrogen-bond acceptors (Lipinski definition) is 3. The van der Waals surface area contributed by atoms with Gasteiger partial charge in [0, 0.05) is 33.2 Å². The van der Waals surface area contributed by atoms with Crippen LogP contribution in [0.2, 0.25) is 0 Å². The van der Waals surface area contributed by atoms with E-state index in [4.69, 9.17) is 4.74 Å². The van der Waals surface area contributed by atoms with Gasteiger partial charge in [0.15, 0.2) is 5.96 Å². The van der Waals surface area contributed by atoms with Crippen LogP contribution in [0.25, 0.3) is 0 Å². The van der Waals surface area contributed by atoms with Crippen LogP contribution in [0.5, 0.6) is 0 Å². The second kappa shape index (κ2) is 11.1. The molecule has 2 N–H and O–H groups in total. The largest absolute Gasteiger partial charge is 0.374 e. The van der Waals surface area contributed by atoms with Crippen LogP contribution in [0.3, 0.4) is 0 Å². The zero-order chi connectivity index (χ0) is 18.3. The first kappa shape index (κ1) is 23.2. The van der Waals surface area contributed by atoms with Gasteiger partial charge >= 0.3 is 0 Å². The minimum Gasteiger partial charge on any atom is -0.374 e. The Hall–Kier alpha value is -0.860. The second-order valence-corrected chi connectivity index (χ2v) is 7.83. The van der Waals surface area contributed by atoms with Gasteiger partial charge in [-0.1, -0.05) is 45.0 Å². The third-order valence-corrected chi connectivity index (χ3v) is 4.59. The van der Waals surface area contributed by atoms with E-state index in [0.717, 1.165) is 45.2 Å². The molecule has 1 unspecified atom stereocenters. The summed E-state index contributed by atoms with van der Waals surface area (Å²) in [6, 6.07) is 8.92. The SMILES string of the molecule is CN=C(NCCc1ccc(C(C)(C)C)cc1)NCC1CN(C)CCO1.I. The van der Waals surface area contributed by atoms with E-state index in [1.54, 1.807) is 7.05 Å². The number of aliphatic imine (C=N–C) groups is 1. The zero-order valence-electron chi connectivity index (χ0n) is 16.8. The summed E-state index contributed by atoms with van der Waals surface area (Å²) in [6.45, 7) is 11.2. The van der Waals surface area contributed by atoms with Crippen LogP contribution >= 0.6 is 24.0 Å². The lowest BCUT2D eigenvalue weighted by Gasteiger charge is -2.30. The quantitative estimate of drug-likeness (QED) is 0.392. The van der Waals surface area contributed by atoms with Crippen LogP contribution in [-0.4, -0.2) is 63.8 Å². The average Bonchev–Trinajstić information content (AvgIpc) is 2.57. The molecule has 0 saturated carbocycles. The lowest BCUT2D eigenvalue weighted by molar-refractivity contribution is -0.0161. The molecule has 1 fully saturated rings. The maximum atomic E-state index is 5.77. The van der Waals surface area contributed by atoms with Crippen molar-refractivity contribution in [1.29, 1.82) is 0 Å². The van der Waals surface area contributed by atoms with Crippen LogP contribution < -0.4 is 10.6 Å². The summed E-state index contributed by atoms with van der Waals surface area (Å²) < 4.78 is 5.77. The van der Waals surface area contributed by atoms with Crippen LogP contribution in [0.1, 0.15) is 31.9 Å². The summed E-state index contributed by atoms with van der Waals surface area (Å²) in [4.78, 5) is 6.59. The number of benzene rings is 1. The highest BCUT2D eigenvalue weighted by molar-refractivity contribution is 14.0. The molecule has 0 aliphatic carbocycles. The molecule has 1 aliphatic heterocycles. The van der Waals surface area contributed by atoms with E-state index in [1.807, 2.05) is 0 Å². The van der Waals surface area contributed by atoms with Gasteiger partial charge in [-0.25, -0.2) is 0 Å². The first-order valence-electron chi connectivity index (χ1n) is 9.22. The summed E-state index contributed by atoms with van der Waals surface area (Å²) in [5.41, 5.74) is 2.92. The topological polar surface area (TPSA) is 48.9 Å². The molecule has 2 rings (SSSR count). The van der Waals surface area contributed by atoms with Crippen molar-refractivity contribution in [3.8, 4) is 0 Å². The molecule has 6 heteroatoms. The summed E-state index contributed by atoms with van der Waals surface area (Å²) in [7, 11) is 3.94. The minimum absolute atomic E-state index is 0. The predicted molar refractivity (Wildman–Crippen MR) is 121 cm³/mol. The predicted octanol–water partition coefficient (Wildman–Crippen LogP) is 2.64. The van der Waals surface area contributed by atoms with Crippen molar-refractivity contribution in [2.24, 2.45) is 4.99 Å². The third-order valence-electron chi connectivity index (χ3n) is 4.59. The first-order valence-corrected chi connectivity index (χ1v) is 9.22. The first-order chi connectivity index (χ1) is 11.9. The second-order valence-electron chi connectivity index (χ2n) is 7.83. The highest BCUT2D eigenvalue weighted by atomic mass is 127. The third kappa shape index (κ3) is 7.80. The van der Waals surface area contributed by atoms with Gasteiger partial charge in [0.05, 0.1) is 12.7 Å². The van der Waals surface area contributed by atoms with Gasteiger partial charge in [-0.2, -0.15) is 0 Å². The zero-order valence-corrected chi connectivity index (χ0v) is 19.2. The number of halogens is 1. The Balaban J connectivity index is 0.00000338. The number of guanidine groups is 1. The molecule has 0 spiro atoms. The van der Waals surface area contributed by atoms with Gasteiger partial charge in [-0.3, -0.25) is 4.99 Å². The van der Waals surface area contributed by atoms with E-state index in [0.29, 0.717) is 0 Å². The smallest absolute Gasteiger partial charge is 0.191 e. The molecule has 0 amide bonds. The Morgan fingerprint density at radius 2 is 1.92 bits per heavy atom. The monoisotopic (exact) mass is 474 g/mol. The molecule has 1 heterocycles. The lowest BCUT2D eigenvalue weighted by Crippen LogP contribution is -2.48. The maximum absolute atomic E-state index is 5.77. The van der Waals surface area contributed by atoms with Crippen molar-refractivity contribution in [1.82, 2.24) is 15.5 Å². The van der Waals surface area contributed by atoms with Crippen molar-refractivity contribution >= 4 is 29.9 Å². The van der Waals surface area contributed by atoms with Crippen molar-refractivity contribution in [2.45, 2.75) is 38.7 Å². The highest BCUT2D eigenvalue weighted by Crippen LogP contribution is 2.22. The van der Waals surface area contributed by atoms with Gasteiger partial charge in [-0.15, -0.1) is 24.0 Å². The maximum Gasteiger partial charge on any atom is 0.191 e. The van der Waals surface area contributed by atoms with Gasteiger partial charge in [0.2, 0.25) is 0 Å². The fourth-order valence-corrected chi connectivity index (χ4v) is 2.92. The van der Waals surface area contributed by atoms with Gasteiger partial charge in [-0.05, 0) is 30.0 Å². The molecular formula is C20H35IN4O. The van der Waals surface area contributed by atoms with Crippen LogP contribution in [0.15, 0.2) is 29.3 Å². The Morgan fingerprint density at radius 1 is 1.23 bits per heavy atom. The van der Waals surface area contributed by atoms with Crippen molar-refractivity contribution < 1.29 is 4.74 Å². The van der Waals surface area contributed by atoms with Crippen molar-refractivity contribution in [3.63, 3.8) is 0 Å². The van der Waals surface area contributed by atoms with Gasteiger partial charge < -0.3 is 20.3 Å². The Kier molecular flexibility index (Phi) is 9.89. The van der Waals surface area contributed by atoms with E-state index in [-0.39, 0.29) is 35.5 Å². The molecule has 26 heavy (non-hydrogen) atoms. The van der Waals surface area contributed by atoms with Gasteiger partial charge in [0.1, 0.15) is 0 Å². The van der Waals surface area contributed by atoms with Crippen molar-refractivity contribution in [2.75, 3.05) is 46.9 Å². The number of hydrogen-bond donors (Lipinski definition) is 2. The summed E-state index contributed by atoms with van der Waals surface area (Å²) in [5, 5.41) is 6.75. The molecule has 0 aromatic heterocycles. The lowest BCUT2D eigenvalue weighted by atomic mass is 9.86. The van der Waals surface area contributed by atoms with E-state index >= 15 is 0 Å². The Bertz CT molecular complexity index is 554. The van der Waals surface area contributed by atoms with E-state index in [9.17, 15) is 0 Å². The summed E-state index contributed by atoms with van der Waals surface area (Å²) in [5.74, 6) is 0.836. The molecule has 1 saturated heterocycles. The molecule has 1 aromatic carbocycles. The summed E-state index contributed by atoms with van der Waals surface area (Å²) in [6.07, 6.45) is 1.20. The molecule has 148 valence electrons. The molecular weight excluding hydrogens is 439 g/mol. The van der Waals surface area contributed by atoms with E-state index in [1.165, 1.54) is 11.1 Å². The van der Waals surface area contributed by atoms with Crippen molar-refractivity contribution in [3.05, 3.63) is 35.4 Å². The average molecular weight is 474 g/mol. The Labute approximate surface area is 176 Å². The fraction of sp³-hybridized carbons (Fsp3) is 0.650. The van der Waals surface area contributed by atoms with Crippen LogP contribution in [-0.2, 0) is 16.6 Å². The number of likely N-dealkylation sites (N-methyl/N-ethyl adjacent to an activating group) is 1. The molecule has 5 nitrogen and oxygen atoms in total. The van der Waals surface area contributed by atoms with E-state index < -0.39 is 0 Å². The Morgan fingerprint density at radius 3 is 2.50 bits per heavy atom. The van der Waals surface area contributed by atoms with E-state index in [2.05, 4.69) is 72.6 Å². The van der Waals surface area contributed by atoms with Gasteiger partial charge in [0.25, 0.3) is 0 Å². The van der Waals surface area contributed by atoms with Crippen LogP contribution in [0.4, 0.5) is 0 Å². The minimum atomic E-state index is 0. The number of nitrogens with one attached hydrogen (secondary N) is 2. The number of ether oxygens (including phenoxy) is 1. The normalized spacial score (nSPS) is 19.0. The molecule has 0 bridgehead atoms. The number of nitrogens with zero attached hydrogens (tertiary/aromatic N) is 2. The molecule has 1 atom stereocenters.